The Morgan fingerprint density at radius 1 is 0.762 bits per heavy atom. The molecule has 0 fully saturated rings. The van der Waals surface area contributed by atoms with Crippen LogP contribution in [-0.4, -0.2) is 35.0 Å². The van der Waals surface area contributed by atoms with Gasteiger partial charge in [-0.3, -0.25) is 0 Å². The molecule has 124 valence electrons. The first-order valence-corrected chi connectivity index (χ1v) is 10.3. The molecule has 0 saturated heterocycles. The van der Waals surface area contributed by atoms with Crippen LogP contribution < -0.4 is 12.4 Å². The van der Waals surface area contributed by atoms with E-state index < -0.39 is 0 Å². The fourth-order valence-corrected chi connectivity index (χ4v) is 0.768. The maximum absolute atomic E-state index is 3.97. The molecule has 1 rings (SSSR count). The summed E-state index contributed by atoms with van der Waals surface area (Å²) in [4.78, 5) is 0. The molecular weight excluding hydrogens is 335 g/mol. The van der Waals surface area contributed by atoms with Crippen LogP contribution in [0.25, 0.3) is 10.6 Å². The number of hydrogen-bond donors (Lipinski definition) is 0. The summed E-state index contributed by atoms with van der Waals surface area (Å²) in [6.45, 7) is 18.9. The van der Waals surface area contributed by atoms with Crippen molar-refractivity contribution in [2.75, 3.05) is 26.2 Å². The molecule has 0 amide bonds. The SMILES string of the molecule is CC[N-]CC.CC[N-]CC.C[Si](C)C.[Cl-].[V+4].c1cc[cH-]c1. The molecule has 0 saturated carbocycles. The Balaban J connectivity index is -0.0000000527. The van der Waals surface area contributed by atoms with E-state index >= 15 is 0 Å². The summed E-state index contributed by atoms with van der Waals surface area (Å²) in [6, 6.07) is 10.0. The second-order valence-corrected chi connectivity index (χ2v) is 7.17. The smallest absolute Gasteiger partial charge is 1.00 e. The molecule has 0 bridgehead atoms. The van der Waals surface area contributed by atoms with E-state index in [0.29, 0.717) is 0 Å². The molecule has 5 heteroatoms. The van der Waals surface area contributed by atoms with E-state index in [2.05, 4.69) is 30.3 Å². The first-order chi connectivity index (χ1) is 9.06. The third kappa shape index (κ3) is 78.3. The minimum absolute atomic E-state index is 0. The number of nitrogens with zero attached hydrogens (tertiary/aromatic N) is 2. The average Bonchev–Trinajstić information content (AvgIpc) is 2.90. The van der Waals surface area contributed by atoms with E-state index in [1.165, 1.54) is 0 Å². The minimum atomic E-state index is 0. The van der Waals surface area contributed by atoms with E-state index in [9.17, 15) is 0 Å². The van der Waals surface area contributed by atoms with E-state index in [1.54, 1.807) is 0 Å². The fourth-order valence-electron chi connectivity index (χ4n) is 0.768. The minimum Gasteiger partial charge on any atom is -1.00 e. The van der Waals surface area contributed by atoms with Crippen molar-refractivity contribution in [3.8, 4) is 0 Å². The molecule has 2 nitrogen and oxygen atoms in total. The zero-order valence-electron chi connectivity index (χ0n) is 14.9. The van der Waals surface area contributed by atoms with E-state index in [-0.39, 0.29) is 39.8 Å². The van der Waals surface area contributed by atoms with Gasteiger partial charge in [0.15, 0.2) is 0 Å². The molecule has 0 aliphatic carbocycles. The molecule has 0 heterocycles. The van der Waals surface area contributed by atoms with Gasteiger partial charge in [-0.1, -0.05) is 47.3 Å². The largest absolute Gasteiger partial charge is 4.00 e. The monoisotopic (exact) mass is 368 g/mol. The Morgan fingerprint density at radius 2 is 1.00 bits per heavy atom. The van der Waals surface area contributed by atoms with Crippen LogP contribution >= 0.6 is 0 Å². The quantitative estimate of drug-likeness (QED) is 0.577. The van der Waals surface area contributed by atoms with Gasteiger partial charge < -0.3 is 23.0 Å². The van der Waals surface area contributed by atoms with Crippen molar-refractivity contribution in [1.82, 2.24) is 0 Å². The maximum atomic E-state index is 3.97. The molecule has 1 aromatic carbocycles. The molecule has 0 spiro atoms. The molecule has 0 aliphatic rings. The van der Waals surface area contributed by atoms with Crippen molar-refractivity contribution in [2.24, 2.45) is 0 Å². The van der Waals surface area contributed by atoms with Gasteiger partial charge in [-0.05, 0) is 0 Å². The first-order valence-electron chi connectivity index (χ1n) is 7.26. The van der Waals surface area contributed by atoms with Gasteiger partial charge in [0.05, 0.1) is 0 Å². The second-order valence-electron chi connectivity index (χ2n) is 4.17. The second kappa shape index (κ2) is 37.0. The molecule has 0 aromatic heterocycles. The summed E-state index contributed by atoms with van der Waals surface area (Å²) in [6.07, 6.45) is 0. The molecule has 0 atom stereocenters. The van der Waals surface area contributed by atoms with Crippen molar-refractivity contribution in [3.63, 3.8) is 0 Å². The third-order valence-electron chi connectivity index (χ3n) is 1.45. The van der Waals surface area contributed by atoms with E-state index in [1.807, 2.05) is 58.0 Å². The normalized spacial score (nSPS) is 7.62. The van der Waals surface area contributed by atoms with Crippen LogP contribution in [0.2, 0.25) is 19.6 Å². The zero-order chi connectivity index (χ0) is 15.4. The van der Waals surface area contributed by atoms with Gasteiger partial charge >= 0.3 is 18.6 Å². The Hall–Kier alpha value is 0.361. The molecule has 0 aliphatic heterocycles. The van der Waals surface area contributed by atoms with Gasteiger partial charge in [0.1, 0.15) is 0 Å². The Labute approximate surface area is 154 Å². The van der Waals surface area contributed by atoms with Crippen LogP contribution in [-0.2, 0) is 18.6 Å². The van der Waals surface area contributed by atoms with Crippen molar-refractivity contribution >= 4 is 8.80 Å². The van der Waals surface area contributed by atoms with Gasteiger partial charge in [0.25, 0.3) is 0 Å². The molecule has 2 radical (unpaired) electrons. The van der Waals surface area contributed by atoms with Gasteiger partial charge in [0, 0.05) is 8.80 Å². The molecule has 0 N–H and O–H groups in total. The number of halogens is 1. The van der Waals surface area contributed by atoms with E-state index in [0.717, 1.165) is 26.2 Å². The van der Waals surface area contributed by atoms with Crippen LogP contribution in [0.5, 0.6) is 0 Å². The standard InChI is InChI=1S/C5H5.2C4H10N.C3H9Si.ClH.V/c1-2-4-5-3-1;2*1-3-5-4-2;1-4(2)3;;/h1-5H;2*3-4H2,1-2H3;1-3H3;1H;/q3*-1;;;+4/p-1. The van der Waals surface area contributed by atoms with Crippen molar-refractivity contribution in [1.29, 1.82) is 0 Å². The Kier molecular flexibility index (Phi) is 58.3. The zero-order valence-corrected chi connectivity index (χ0v) is 18.1. The summed E-state index contributed by atoms with van der Waals surface area (Å²) < 4.78 is 0. The van der Waals surface area contributed by atoms with Crippen LogP contribution in [0.15, 0.2) is 30.3 Å². The Bertz CT molecular complexity index is 168. The predicted molar refractivity (Wildman–Crippen MR) is 94.3 cm³/mol. The van der Waals surface area contributed by atoms with Crippen LogP contribution in [0.1, 0.15) is 27.7 Å². The van der Waals surface area contributed by atoms with Crippen molar-refractivity contribution in [2.45, 2.75) is 47.3 Å². The summed E-state index contributed by atoms with van der Waals surface area (Å²) in [5, 5.41) is 7.94. The average molecular weight is 369 g/mol. The third-order valence-corrected chi connectivity index (χ3v) is 1.45. The number of rotatable bonds is 4. The van der Waals surface area contributed by atoms with Crippen molar-refractivity contribution < 1.29 is 31.0 Å². The summed E-state index contributed by atoms with van der Waals surface area (Å²) >= 11 is 0. The van der Waals surface area contributed by atoms with Crippen molar-refractivity contribution in [3.05, 3.63) is 41.0 Å². The topological polar surface area (TPSA) is 28.2 Å². The predicted octanol–water partition coefficient (Wildman–Crippen LogP) is 2.58. The number of hydrogen-bond acceptors (Lipinski definition) is 0. The van der Waals surface area contributed by atoms with Crippen LogP contribution in [0.3, 0.4) is 0 Å². The molecule has 1 aromatic rings. The maximum Gasteiger partial charge on any atom is 4.00 e. The van der Waals surface area contributed by atoms with Crippen LogP contribution in [0.4, 0.5) is 0 Å². The van der Waals surface area contributed by atoms with Gasteiger partial charge in [0.2, 0.25) is 0 Å². The molecule has 21 heavy (non-hydrogen) atoms. The summed E-state index contributed by atoms with van der Waals surface area (Å²) in [5.41, 5.74) is 0. The Morgan fingerprint density at radius 3 is 1.05 bits per heavy atom. The van der Waals surface area contributed by atoms with Crippen LogP contribution in [0, 0.1) is 0 Å². The first kappa shape index (κ1) is 33.1. The van der Waals surface area contributed by atoms with E-state index in [4.69, 9.17) is 0 Å². The summed E-state index contributed by atoms with van der Waals surface area (Å²) in [7, 11) is 0.120. The van der Waals surface area contributed by atoms with Gasteiger partial charge in [-0.2, -0.15) is 44.4 Å². The molecule has 0 unspecified atom stereocenters. The fraction of sp³-hybridized carbons (Fsp3) is 0.688. The summed E-state index contributed by atoms with van der Waals surface area (Å²) in [5.74, 6) is 0. The van der Waals surface area contributed by atoms with Gasteiger partial charge in [-0.25, -0.2) is 12.1 Å². The molecular formula is C16H34ClN2SiV. The van der Waals surface area contributed by atoms with Gasteiger partial charge in [-0.15, -0.1) is 0 Å².